The molecule has 98 valence electrons. The Morgan fingerprint density at radius 2 is 1.74 bits per heavy atom. The summed E-state index contributed by atoms with van der Waals surface area (Å²) < 4.78 is 0. The van der Waals surface area contributed by atoms with Crippen molar-refractivity contribution in [1.82, 2.24) is 20.2 Å². The first-order valence-electron chi connectivity index (χ1n) is 6.47. The molecule has 6 nitrogen and oxygen atoms in total. The fraction of sp³-hybridized carbons (Fsp3) is 0.385. The molecule has 2 aromatic rings. The predicted octanol–water partition coefficient (Wildman–Crippen LogP) is 0.983. The van der Waals surface area contributed by atoms with Crippen LogP contribution in [0.15, 0.2) is 36.9 Å². The molecule has 1 aliphatic heterocycles. The third-order valence-corrected chi connectivity index (χ3v) is 3.25. The van der Waals surface area contributed by atoms with Gasteiger partial charge in [-0.25, -0.2) is 4.98 Å². The molecular weight excluding hydrogens is 240 g/mol. The van der Waals surface area contributed by atoms with Crippen molar-refractivity contribution in [2.75, 3.05) is 36.0 Å². The normalized spacial score (nSPS) is 16.2. The van der Waals surface area contributed by atoms with E-state index in [1.54, 1.807) is 18.6 Å². The van der Waals surface area contributed by atoms with Gasteiger partial charge in [0.15, 0.2) is 5.82 Å². The molecule has 0 aromatic carbocycles. The summed E-state index contributed by atoms with van der Waals surface area (Å²) >= 11 is 0. The number of rotatable bonds is 2. The van der Waals surface area contributed by atoms with E-state index in [4.69, 9.17) is 0 Å². The molecule has 0 bridgehead atoms. The second-order valence-electron chi connectivity index (χ2n) is 4.47. The SMILES string of the molecule is c1cnnc(N2CCCN(c3cnccn3)CC2)c1. The van der Waals surface area contributed by atoms with Crippen molar-refractivity contribution in [3.63, 3.8) is 0 Å². The van der Waals surface area contributed by atoms with E-state index in [-0.39, 0.29) is 0 Å². The van der Waals surface area contributed by atoms with Crippen LogP contribution in [0, 0.1) is 0 Å². The maximum atomic E-state index is 4.36. The van der Waals surface area contributed by atoms with Gasteiger partial charge in [-0.1, -0.05) is 0 Å². The maximum absolute atomic E-state index is 4.36. The number of hydrogen-bond donors (Lipinski definition) is 0. The summed E-state index contributed by atoms with van der Waals surface area (Å²) in [5, 5.41) is 8.11. The van der Waals surface area contributed by atoms with Gasteiger partial charge in [0.25, 0.3) is 0 Å². The lowest BCUT2D eigenvalue weighted by molar-refractivity contribution is 0.785. The van der Waals surface area contributed by atoms with Gasteiger partial charge in [-0.15, -0.1) is 5.10 Å². The van der Waals surface area contributed by atoms with E-state index in [9.17, 15) is 0 Å². The van der Waals surface area contributed by atoms with Gasteiger partial charge in [0, 0.05) is 44.8 Å². The number of anilines is 2. The zero-order valence-electron chi connectivity index (χ0n) is 10.7. The average Bonchev–Trinajstić information content (AvgIpc) is 2.75. The molecule has 0 N–H and O–H groups in total. The van der Waals surface area contributed by atoms with Crippen LogP contribution in [0.1, 0.15) is 6.42 Å². The lowest BCUT2D eigenvalue weighted by Gasteiger charge is -2.22. The molecule has 2 aromatic heterocycles. The fourth-order valence-corrected chi connectivity index (χ4v) is 2.29. The van der Waals surface area contributed by atoms with Crippen molar-refractivity contribution >= 4 is 11.6 Å². The zero-order chi connectivity index (χ0) is 12.9. The molecule has 3 heterocycles. The molecule has 0 spiro atoms. The second kappa shape index (κ2) is 5.60. The Labute approximate surface area is 112 Å². The Kier molecular flexibility index (Phi) is 3.49. The van der Waals surface area contributed by atoms with Crippen molar-refractivity contribution in [3.05, 3.63) is 36.9 Å². The minimum absolute atomic E-state index is 0.926. The second-order valence-corrected chi connectivity index (χ2v) is 4.47. The molecule has 3 rings (SSSR count). The van der Waals surface area contributed by atoms with Gasteiger partial charge < -0.3 is 9.80 Å². The van der Waals surface area contributed by atoms with Crippen molar-refractivity contribution in [2.45, 2.75) is 6.42 Å². The smallest absolute Gasteiger partial charge is 0.151 e. The van der Waals surface area contributed by atoms with E-state index >= 15 is 0 Å². The van der Waals surface area contributed by atoms with Crippen LogP contribution in [0.3, 0.4) is 0 Å². The first-order chi connectivity index (χ1) is 9.43. The van der Waals surface area contributed by atoms with Gasteiger partial charge in [-0.05, 0) is 18.6 Å². The monoisotopic (exact) mass is 256 g/mol. The van der Waals surface area contributed by atoms with Crippen LogP contribution in [0.5, 0.6) is 0 Å². The molecule has 0 amide bonds. The summed E-state index contributed by atoms with van der Waals surface area (Å²) in [6.45, 7) is 3.84. The third kappa shape index (κ3) is 2.78. The van der Waals surface area contributed by atoms with E-state index in [0.29, 0.717) is 0 Å². The molecule has 0 radical (unpaired) electrons. The minimum Gasteiger partial charge on any atom is -0.354 e. The molecule has 0 aliphatic carbocycles. The summed E-state index contributed by atoms with van der Waals surface area (Å²) in [5.74, 6) is 1.90. The Balaban J connectivity index is 1.69. The zero-order valence-corrected chi connectivity index (χ0v) is 10.7. The molecule has 0 unspecified atom stereocenters. The van der Waals surface area contributed by atoms with Crippen LogP contribution in [0.4, 0.5) is 11.6 Å². The molecule has 6 heteroatoms. The molecule has 1 fully saturated rings. The van der Waals surface area contributed by atoms with E-state index in [2.05, 4.69) is 30.0 Å². The summed E-state index contributed by atoms with van der Waals surface area (Å²) in [7, 11) is 0. The van der Waals surface area contributed by atoms with Crippen LogP contribution in [0.25, 0.3) is 0 Å². The molecular formula is C13H16N6. The van der Waals surface area contributed by atoms with E-state index in [1.807, 2.05) is 18.3 Å². The van der Waals surface area contributed by atoms with E-state index in [1.165, 1.54) is 0 Å². The lowest BCUT2D eigenvalue weighted by Crippen LogP contribution is -2.31. The number of nitrogens with zero attached hydrogens (tertiary/aromatic N) is 6. The Morgan fingerprint density at radius 1 is 0.895 bits per heavy atom. The highest BCUT2D eigenvalue weighted by Crippen LogP contribution is 2.15. The van der Waals surface area contributed by atoms with Gasteiger partial charge in [-0.2, -0.15) is 5.10 Å². The van der Waals surface area contributed by atoms with E-state index in [0.717, 1.165) is 44.2 Å². The molecule has 1 aliphatic rings. The highest BCUT2D eigenvalue weighted by atomic mass is 15.3. The molecule has 0 saturated carbocycles. The van der Waals surface area contributed by atoms with Crippen LogP contribution >= 0.6 is 0 Å². The Hall–Kier alpha value is -2.24. The summed E-state index contributed by atoms with van der Waals surface area (Å²) in [4.78, 5) is 13.0. The predicted molar refractivity (Wildman–Crippen MR) is 73.1 cm³/mol. The molecule has 19 heavy (non-hydrogen) atoms. The summed E-state index contributed by atoms with van der Waals surface area (Å²) in [6, 6.07) is 3.93. The largest absolute Gasteiger partial charge is 0.354 e. The summed E-state index contributed by atoms with van der Waals surface area (Å²) in [5.41, 5.74) is 0. The van der Waals surface area contributed by atoms with Gasteiger partial charge >= 0.3 is 0 Å². The maximum Gasteiger partial charge on any atom is 0.151 e. The standard InChI is InChI=1S/C13H16N6/c1-3-12(17-16-4-1)18-7-2-8-19(10-9-18)13-11-14-5-6-15-13/h1,3-6,11H,2,7-10H2. The van der Waals surface area contributed by atoms with Crippen LogP contribution in [0.2, 0.25) is 0 Å². The topological polar surface area (TPSA) is 58.0 Å². The van der Waals surface area contributed by atoms with Gasteiger partial charge in [0.1, 0.15) is 5.82 Å². The van der Waals surface area contributed by atoms with Crippen molar-refractivity contribution in [3.8, 4) is 0 Å². The fourth-order valence-electron chi connectivity index (χ4n) is 2.29. The molecule has 0 atom stereocenters. The van der Waals surface area contributed by atoms with Crippen molar-refractivity contribution in [1.29, 1.82) is 0 Å². The van der Waals surface area contributed by atoms with Crippen LogP contribution in [-0.2, 0) is 0 Å². The van der Waals surface area contributed by atoms with Crippen LogP contribution in [-0.4, -0.2) is 46.3 Å². The van der Waals surface area contributed by atoms with Gasteiger partial charge in [-0.3, -0.25) is 4.98 Å². The van der Waals surface area contributed by atoms with Crippen molar-refractivity contribution in [2.24, 2.45) is 0 Å². The number of aromatic nitrogens is 4. The summed E-state index contributed by atoms with van der Waals surface area (Å²) in [6.07, 6.45) is 8.03. The average molecular weight is 256 g/mol. The van der Waals surface area contributed by atoms with Crippen LogP contribution < -0.4 is 9.80 Å². The quantitative estimate of drug-likeness (QED) is 0.798. The lowest BCUT2D eigenvalue weighted by atomic mass is 10.3. The van der Waals surface area contributed by atoms with Gasteiger partial charge in [0.05, 0.1) is 6.20 Å². The van der Waals surface area contributed by atoms with Crippen molar-refractivity contribution < 1.29 is 0 Å². The minimum atomic E-state index is 0.926. The molecule has 1 saturated heterocycles. The number of hydrogen-bond acceptors (Lipinski definition) is 6. The first-order valence-corrected chi connectivity index (χ1v) is 6.47. The Bertz CT molecular complexity index is 456. The third-order valence-electron chi connectivity index (χ3n) is 3.25. The Morgan fingerprint density at radius 3 is 2.42 bits per heavy atom. The highest BCUT2D eigenvalue weighted by molar-refractivity contribution is 5.40. The first kappa shape index (κ1) is 11.8. The van der Waals surface area contributed by atoms with Gasteiger partial charge in [0.2, 0.25) is 0 Å². The highest BCUT2D eigenvalue weighted by Gasteiger charge is 2.16. The van der Waals surface area contributed by atoms with E-state index < -0.39 is 0 Å².